The molecule has 0 aliphatic heterocycles. The molecule has 0 amide bonds. The summed E-state index contributed by atoms with van der Waals surface area (Å²) in [6, 6.07) is 5.72. The van der Waals surface area contributed by atoms with E-state index in [1.165, 1.54) is 0 Å². The molecule has 0 bridgehead atoms. The Morgan fingerprint density at radius 3 is 1.78 bits per heavy atom. The van der Waals surface area contributed by atoms with Gasteiger partial charge in [-0.25, -0.2) is 0 Å². The molecule has 7 heteroatoms. The van der Waals surface area contributed by atoms with Crippen LogP contribution in [0.25, 0.3) is 0 Å². The van der Waals surface area contributed by atoms with Crippen LogP contribution in [0.5, 0.6) is 0 Å². The highest BCUT2D eigenvalue weighted by Gasteiger charge is 2.27. The lowest BCUT2D eigenvalue weighted by atomic mass is 10.0. The van der Waals surface area contributed by atoms with Gasteiger partial charge in [0.1, 0.15) is 0 Å². The fraction of sp³-hybridized carbons (Fsp3) is 0.455. The second-order valence-electron chi connectivity index (χ2n) is 3.53. The first-order valence-electron chi connectivity index (χ1n) is 5.24. The van der Waals surface area contributed by atoms with Crippen LogP contribution in [-0.2, 0) is 4.79 Å². The number of nitrogens with zero attached hydrogens (tertiary/aromatic N) is 1. The minimum absolute atomic E-state index is 0.415. The standard InChI is InChI=1S/C6H13NO5.C5H5N/c8-2-6(3-9,4-10)7-1-5(11)12;1-2-4-6-5-3-1/h7-10H,1-4H2,(H,11,12);1-5H. The zero-order chi connectivity index (χ0) is 13.9. The van der Waals surface area contributed by atoms with Crippen molar-refractivity contribution in [1.29, 1.82) is 0 Å². The molecule has 0 fully saturated rings. The van der Waals surface area contributed by atoms with Crippen LogP contribution in [0.2, 0.25) is 0 Å². The van der Waals surface area contributed by atoms with Crippen LogP contribution < -0.4 is 5.32 Å². The Bertz CT molecular complexity index is 281. The molecule has 102 valence electrons. The maximum absolute atomic E-state index is 10.1. The van der Waals surface area contributed by atoms with E-state index in [2.05, 4.69) is 10.3 Å². The largest absolute Gasteiger partial charge is 0.480 e. The average molecular weight is 258 g/mol. The molecule has 1 heterocycles. The number of rotatable bonds is 6. The molecular formula is C11H18N2O5. The van der Waals surface area contributed by atoms with Gasteiger partial charge in [0.25, 0.3) is 0 Å². The Kier molecular flexibility index (Phi) is 8.67. The molecule has 0 aliphatic rings. The van der Waals surface area contributed by atoms with Crippen molar-refractivity contribution in [2.24, 2.45) is 0 Å². The number of nitrogens with one attached hydrogen (secondary N) is 1. The topological polar surface area (TPSA) is 123 Å². The predicted molar refractivity (Wildman–Crippen MR) is 63.9 cm³/mol. The quantitative estimate of drug-likeness (QED) is 0.419. The van der Waals surface area contributed by atoms with E-state index in [1.54, 1.807) is 12.4 Å². The molecule has 5 N–H and O–H groups in total. The number of aromatic nitrogens is 1. The lowest BCUT2D eigenvalue weighted by molar-refractivity contribution is -0.136. The molecule has 0 aliphatic carbocycles. The van der Waals surface area contributed by atoms with Gasteiger partial charge in [0.15, 0.2) is 0 Å². The number of hydrogen-bond acceptors (Lipinski definition) is 6. The lowest BCUT2D eigenvalue weighted by Gasteiger charge is -2.27. The van der Waals surface area contributed by atoms with E-state index >= 15 is 0 Å². The number of pyridine rings is 1. The van der Waals surface area contributed by atoms with Crippen LogP contribution in [0, 0.1) is 0 Å². The van der Waals surface area contributed by atoms with E-state index in [0.717, 1.165) is 0 Å². The van der Waals surface area contributed by atoms with Crippen LogP contribution in [0.15, 0.2) is 30.6 Å². The Balaban J connectivity index is 0.000000397. The fourth-order valence-electron chi connectivity index (χ4n) is 0.893. The number of carboxylic acids is 1. The molecule has 1 rings (SSSR count). The molecule has 0 aromatic carbocycles. The molecule has 1 aromatic heterocycles. The number of aliphatic hydroxyl groups is 3. The molecular weight excluding hydrogens is 240 g/mol. The van der Waals surface area contributed by atoms with Crippen molar-refractivity contribution >= 4 is 5.97 Å². The van der Waals surface area contributed by atoms with E-state index in [1.807, 2.05) is 18.2 Å². The van der Waals surface area contributed by atoms with Gasteiger partial charge >= 0.3 is 5.97 Å². The van der Waals surface area contributed by atoms with Crippen molar-refractivity contribution in [2.75, 3.05) is 26.4 Å². The minimum atomic E-state index is -1.31. The SMILES string of the molecule is O=C(O)CNC(CO)(CO)CO.c1ccncc1. The van der Waals surface area contributed by atoms with Crippen LogP contribution in [0.4, 0.5) is 0 Å². The second kappa shape index (κ2) is 9.49. The molecule has 0 atom stereocenters. The molecule has 0 saturated carbocycles. The third-order valence-electron chi connectivity index (χ3n) is 2.09. The van der Waals surface area contributed by atoms with Crippen molar-refractivity contribution in [2.45, 2.75) is 5.54 Å². The smallest absolute Gasteiger partial charge is 0.317 e. The first-order valence-corrected chi connectivity index (χ1v) is 5.24. The highest BCUT2D eigenvalue weighted by atomic mass is 16.4. The second-order valence-corrected chi connectivity index (χ2v) is 3.53. The summed E-state index contributed by atoms with van der Waals surface area (Å²) in [6.45, 7) is -1.98. The molecule has 1 aromatic rings. The van der Waals surface area contributed by atoms with E-state index in [0.29, 0.717) is 0 Å². The van der Waals surface area contributed by atoms with Crippen molar-refractivity contribution in [3.05, 3.63) is 30.6 Å². The number of carboxylic acid groups (broad SMARTS) is 1. The summed E-state index contributed by atoms with van der Waals surface area (Å²) in [5, 5.41) is 36.7. The fourth-order valence-corrected chi connectivity index (χ4v) is 0.893. The number of hydrogen-bond donors (Lipinski definition) is 5. The average Bonchev–Trinajstić information content (AvgIpc) is 2.43. The molecule has 0 unspecified atom stereocenters. The van der Waals surface area contributed by atoms with Gasteiger partial charge in [-0.2, -0.15) is 0 Å². The van der Waals surface area contributed by atoms with Gasteiger partial charge in [0, 0.05) is 12.4 Å². The van der Waals surface area contributed by atoms with Gasteiger partial charge in [-0.3, -0.25) is 15.1 Å². The maximum Gasteiger partial charge on any atom is 0.317 e. The Morgan fingerprint density at radius 2 is 1.56 bits per heavy atom. The Labute approximate surface area is 105 Å². The van der Waals surface area contributed by atoms with Gasteiger partial charge in [0.2, 0.25) is 0 Å². The monoisotopic (exact) mass is 258 g/mol. The maximum atomic E-state index is 10.1. The van der Waals surface area contributed by atoms with E-state index in [-0.39, 0.29) is 0 Å². The summed E-state index contributed by atoms with van der Waals surface area (Å²) in [6.07, 6.45) is 3.50. The van der Waals surface area contributed by atoms with E-state index in [4.69, 9.17) is 20.4 Å². The normalized spacial score (nSPS) is 10.4. The van der Waals surface area contributed by atoms with Crippen molar-refractivity contribution < 1.29 is 25.2 Å². The zero-order valence-corrected chi connectivity index (χ0v) is 9.86. The molecule has 0 spiro atoms. The van der Waals surface area contributed by atoms with Crippen LogP contribution >= 0.6 is 0 Å². The molecule has 7 nitrogen and oxygen atoms in total. The number of aliphatic hydroxyl groups excluding tert-OH is 3. The van der Waals surface area contributed by atoms with Gasteiger partial charge in [0.05, 0.1) is 31.9 Å². The molecule has 0 saturated heterocycles. The highest BCUT2D eigenvalue weighted by Crippen LogP contribution is 2.00. The minimum Gasteiger partial charge on any atom is -0.480 e. The Hall–Kier alpha value is -1.54. The lowest BCUT2D eigenvalue weighted by Crippen LogP contribution is -2.56. The summed E-state index contributed by atoms with van der Waals surface area (Å²) in [4.78, 5) is 13.9. The summed E-state index contributed by atoms with van der Waals surface area (Å²) in [7, 11) is 0. The third-order valence-corrected chi connectivity index (χ3v) is 2.09. The third kappa shape index (κ3) is 6.92. The number of aliphatic carboxylic acids is 1. The van der Waals surface area contributed by atoms with Crippen molar-refractivity contribution in [3.63, 3.8) is 0 Å². The van der Waals surface area contributed by atoms with Crippen molar-refractivity contribution in [1.82, 2.24) is 10.3 Å². The zero-order valence-electron chi connectivity index (χ0n) is 9.86. The van der Waals surface area contributed by atoms with E-state index < -0.39 is 37.9 Å². The van der Waals surface area contributed by atoms with Crippen LogP contribution in [0.1, 0.15) is 0 Å². The first kappa shape index (κ1) is 16.5. The van der Waals surface area contributed by atoms with Crippen LogP contribution in [0.3, 0.4) is 0 Å². The van der Waals surface area contributed by atoms with Gasteiger partial charge in [-0.1, -0.05) is 6.07 Å². The molecule has 18 heavy (non-hydrogen) atoms. The summed E-state index contributed by atoms with van der Waals surface area (Å²) < 4.78 is 0. The van der Waals surface area contributed by atoms with Gasteiger partial charge < -0.3 is 20.4 Å². The summed E-state index contributed by atoms with van der Waals surface area (Å²) >= 11 is 0. The van der Waals surface area contributed by atoms with Gasteiger partial charge in [-0.15, -0.1) is 0 Å². The van der Waals surface area contributed by atoms with Crippen LogP contribution in [-0.4, -0.2) is 63.3 Å². The van der Waals surface area contributed by atoms with E-state index in [9.17, 15) is 4.79 Å². The van der Waals surface area contributed by atoms with Gasteiger partial charge in [-0.05, 0) is 12.1 Å². The summed E-state index contributed by atoms with van der Waals surface area (Å²) in [5.74, 6) is -1.12. The van der Waals surface area contributed by atoms with Crippen molar-refractivity contribution in [3.8, 4) is 0 Å². The first-order chi connectivity index (χ1) is 8.60. The summed E-state index contributed by atoms with van der Waals surface area (Å²) in [5.41, 5.74) is -1.31. The molecule has 0 radical (unpaired) electrons. The predicted octanol–water partition coefficient (Wildman–Crippen LogP) is -1.54. The Morgan fingerprint density at radius 1 is 1.06 bits per heavy atom. The highest BCUT2D eigenvalue weighted by molar-refractivity contribution is 5.69. The number of carbonyl (C=O) groups is 1.